The topological polar surface area (TPSA) is 265 Å². The number of carbonyl (C=O) groups excluding carboxylic acids is 6. The predicted molar refractivity (Wildman–Crippen MR) is 223 cm³/mol. The molecule has 19 nitrogen and oxygen atoms in total. The number of nitriles is 1. The molecule has 2 aromatic heterocycles. The van der Waals surface area contributed by atoms with Crippen LogP contribution >= 0.6 is 0 Å². The van der Waals surface area contributed by atoms with E-state index in [1.54, 1.807) is 6.07 Å². The fourth-order valence-electron chi connectivity index (χ4n) is 6.72. The molecule has 0 aliphatic carbocycles. The van der Waals surface area contributed by atoms with Gasteiger partial charge in [-0.15, -0.1) is 0 Å². The molecule has 1 unspecified atom stereocenters. The molecule has 2 aliphatic heterocycles. The average Bonchev–Trinajstić information content (AvgIpc) is 3.69. The molecule has 6 rings (SSSR count). The molecule has 0 bridgehead atoms. The van der Waals surface area contributed by atoms with Gasteiger partial charge in [0.15, 0.2) is 12.4 Å². The quantitative estimate of drug-likeness (QED) is 0.0465. The second kappa shape index (κ2) is 20.6. The maximum atomic E-state index is 13.2. The molecule has 1 saturated heterocycles. The van der Waals surface area contributed by atoms with E-state index in [1.807, 2.05) is 38.1 Å². The van der Waals surface area contributed by atoms with Crippen molar-refractivity contribution in [1.82, 2.24) is 41.0 Å². The van der Waals surface area contributed by atoms with Gasteiger partial charge in [0, 0.05) is 55.5 Å². The minimum atomic E-state index is -1.10. The summed E-state index contributed by atoms with van der Waals surface area (Å²) in [6.07, 6.45) is 4.41. The highest BCUT2D eigenvalue weighted by atomic mass is 16.5. The summed E-state index contributed by atoms with van der Waals surface area (Å²) in [5.74, 6) is -0.800. The lowest BCUT2D eigenvalue weighted by Crippen LogP contribution is -2.54. The van der Waals surface area contributed by atoms with E-state index in [0.717, 1.165) is 40.2 Å². The van der Waals surface area contributed by atoms with Crippen molar-refractivity contribution in [3.05, 3.63) is 76.5 Å². The van der Waals surface area contributed by atoms with Crippen LogP contribution in [-0.4, -0.2) is 92.8 Å². The lowest BCUT2D eigenvalue weighted by Gasteiger charge is -2.27. The summed E-state index contributed by atoms with van der Waals surface area (Å²) >= 11 is 0. The molecule has 0 radical (unpaired) electrons. The third kappa shape index (κ3) is 11.4. The zero-order chi connectivity index (χ0) is 43.3. The van der Waals surface area contributed by atoms with Crippen LogP contribution in [-0.2, 0) is 25.6 Å². The largest absolute Gasteiger partial charge is 0.483 e. The Balaban J connectivity index is 0.852. The zero-order valence-electron chi connectivity index (χ0n) is 34.0. The Morgan fingerprint density at radius 2 is 1.64 bits per heavy atom. The number of nitrogens with zero attached hydrogens (tertiary/aromatic N) is 5. The third-order valence-corrected chi connectivity index (χ3v) is 10.1. The van der Waals surface area contributed by atoms with E-state index < -0.39 is 35.6 Å². The van der Waals surface area contributed by atoms with E-state index in [0.29, 0.717) is 75.1 Å². The molecule has 0 spiro atoms. The highest BCUT2D eigenvalue weighted by Gasteiger charge is 2.46. The van der Waals surface area contributed by atoms with Crippen molar-refractivity contribution < 1.29 is 33.5 Å². The lowest BCUT2D eigenvalue weighted by molar-refractivity contribution is -0.136. The molecule has 4 heterocycles. The number of aryl methyl sites for hydroxylation is 1. The first-order valence-electron chi connectivity index (χ1n) is 20.2. The number of piperidine rings is 1. The number of aromatic amines is 1. The molecule has 1 atom stereocenters. The van der Waals surface area contributed by atoms with Crippen LogP contribution in [0.4, 0.5) is 29.1 Å². The van der Waals surface area contributed by atoms with Crippen molar-refractivity contribution in [3.63, 3.8) is 0 Å². The Morgan fingerprint density at radius 3 is 2.39 bits per heavy atom. The Bertz CT molecular complexity index is 2320. The molecule has 19 heteroatoms. The summed E-state index contributed by atoms with van der Waals surface area (Å²) in [6, 6.07) is 14.8. The number of unbranched alkanes of at least 4 members (excludes halogenated alkanes) is 3. The summed E-state index contributed by atoms with van der Waals surface area (Å²) < 4.78 is 5.63. The first-order valence-corrected chi connectivity index (χ1v) is 20.2. The molecule has 0 saturated carbocycles. The van der Waals surface area contributed by atoms with Crippen LogP contribution in [0.3, 0.4) is 0 Å². The number of rotatable bonds is 21. The molecular weight excluding hydrogens is 785 g/mol. The Kier molecular flexibility index (Phi) is 14.6. The molecule has 2 aliphatic rings. The fourth-order valence-corrected chi connectivity index (χ4v) is 6.72. The monoisotopic (exact) mass is 832 g/mol. The summed E-state index contributed by atoms with van der Waals surface area (Å²) in [4.78, 5) is 85.2. The zero-order valence-corrected chi connectivity index (χ0v) is 34.0. The highest BCUT2D eigenvalue weighted by molar-refractivity contribution is 6.24. The van der Waals surface area contributed by atoms with Gasteiger partial charge in [0.2, 0.25) is 23.7 Å². The van der Waals surface area contributed by atoms with Crippen molar-refractivity contribution in [2.45, 2.75) is 77.7 Å². The number of imide groups is 2. The lowest BCUT2D eigenvalue weighted by atomic mass is 10.0. The number of amides is 6. The number of aromatic nitrogens is 4. The van der Waals surface area contributed by atoms with Gasteiger partial charge in [0.1, 0.15) is 23.4 Å². The number of H-pyrrole nitrogens is 1. The molecular formula is C42H48N12O7. The molecule has 2 aromatic carbocycles. The number of benzene rings is 2. The Hall–Kier alpha value is -7.36. The Labute approximate surface area is 351 Å². The predicted octanol–water partition coefficient (Wildman–Crippen LogP) is 3.83. The highest BCUT2D eigenvalue weighted by Crippen LogP contribution is 2.33. The maximum Gasteiger partial charge on any atom is 0.266 e. The van der Waals surface area contributed by atoms with Gasteiger partial charge in [-0.25, -0.2) is 0 Å². The normalized spacial score (nSPS) is 14.5. The van der Waals surface area contributed by atoms with E-state index in [9.17, 15) is 28.8 Å². The van der Waals surface area contributed by atoms with Gasteiger partial charge >= 0.3 is 0 Å². The van der Waals surface area contributed by atoms with Gasteiger partial charge < -0.3 is 31.3 Å². The minimum Gasteiger partial charge on any atom is -0.483 e. The number of hydrogen-bond acceptors (Lipinski definition) is 14. The van der Waals surface area contributed by atoms with Crippen molar-refractivity contribution in [2.24, 2.45) is 0 Å². The second-order valence-electron chi connectivity index (χ2n) is 14.6. The van der Waals surface area contributed by atoms with E-state index in [4.69, 9.17) is 10.00 Å². The molecule has 7 N–H and O–H groups in total. The molecule has 318 valence electrons. The van der Waals surface area contributed by atoms with Crippen molar-refractivity contribution in [1.29, 1.82) is 5.26 Å². The second-order valence-corrected chi connectivity index (χ2v) is 14.6. The van der Waals surface area contributed by atoms with Crippen LogP contribution in [0, 0.1) is 25.2 Å². The number of nitrogens with one attached hydrogen (secondary N) is 7. The Morgan fingerprint density at radius 1 is 0.885 bits per heavy atom. The van der Waals surface area contributed by atoms with Crippen LogP contribution in [0.15, 0.2) is 48.5 Å². The van der Waals surface area contributed by atoms with Crippen LogP contribution in [0.5, 0.6) is 5.75 Å². The maximum absolute atomic E-state index is 13.2. The number of fused-ring (bicyclic) bond motifs is 1. The number of carbonyl (C=O) groups is 6. The third-order valence-electron chi connectivity index (χ3n) is 10.1. The van der Waals surface area contributed by atoms with Crippen molar-refractivity contribution >= 4 is 64.5 Å². The van der Waals surface area contributed by atoms with Gasteiger partial charge in [-0.05, 0) is 69.4 Å². The minimum absolute atomic E-state index is 0.00769. The molecule has 6 amide bonds. The van der Waals surface area contributed by atoms with Crippen molar-refractivity contribution in [3.8, 4) is 11.8 Å². The fraction of sp³-hybridized carbons (Fsp3) is 0.381. The van der Waals surface area contributed by atoms with E-state index in [2.05, 4.69) is 58.1 Å². The van der Waals surface area contributed by atoms with E-state index >= 15 is 0 Å². The first kappa shape index (κ1) is 43.2. The molecule has 4 aromatic rings. The molecule has 61 heavy (non-hydrogen) atoms. The number of hydrogen-bond donors (Lipinski definition) is 7. The van der Waals surface area contributed by atoms with Crippen LogP contribution in [0.1, 0.15) is 88.9 Å². The van der Waals surface area contributed by atoms with E-state index in [-0.39, 0.29) is 42.2 Å². The smallest absolute Gasteiger partial charge is 0.266 e. The van der Waals surface area contributed by atoms with Crippen LogP contribution < -0.4 is 36.6 Å². The van der Waals surface area contributed by atoms with Crippen LogP contribution in [0.2, 0.25) is 0 Å². The van der Waals surface area contributed by atoms with Gasteiger partial charge in [-0.3, -0.25) is 44.1 Å². The van der Waals surface area contributed by atoms with Gasteiger partial charge in [-0.1, -0.05) is 31.0 Å². The first-order chi connectivity index (χ1) is 29.5. The van der Waals surface area contributed by atoms with Crippen molar-refractivity contribution in [2.75, 3.05) is 42.2 Å². The van der Waals surface area contributed by atoms with Gasteiger partial charge in [-0.2, -0.15) is 20.3 Å². The molecule has 1 fully saturated rings. The van der Waals surface area contributed by atoms with E-state index in [1.165, 1.54) is 18.2 Å². The standard InChI is InChI=1S/C42H48N12O7/c1-25-26(2)52-53-38(25)48-33-23-32(49-42(50-33)47-28-14-12-27(13-15-28)18-19-43)44-21-8-22-45-34(55)11-5-3-4-6-20-46-36(57)24-61-31-10-7-9-29-37(31)41(60)54(40(29)59)30-16-17-35(56)51-39(30)58/h7,9-10,12-15,23,30H,3-6,8,11,16-18,20-22,24H2,1-2H3,(H,45,55)(H,46,57)(H,51,56,58)(H4,44,47,48,49,50,52,53). The number of ether oxygens (including phenoxy) is 1. The van der Waals surface area contributed by atoms with Crippen LogP contribution in [0.25, 0.3) is 0 Å². The van der Waals surface area contributed by atoms with Gasteiger partial charge in [0.25, 0.3) is 17.7 Å². The summed E-state index contributed by atoms with van der Waals surface area (Å²) in [6.45, 7) is 4.94. The van der Waals surface area contributed by atoms with Gasteiger partial charge in [0.05, 0.1) is 23.6 Å². The SMILES string of the molecule is Cc1[nH]nc(Nc2cc(NCCCNC(=O)CCCCCCNC(=O)COc3cccc4c3C(=O)N(C3CCC(=O)NC3=O)C4=O)nc(Nc3ccc(CC#N)cc3)n2)c1C. The average molecular weight is 833 g/mol. The number of anilines is 5. The summed E-state index contributed by atoms with van der Waals surface area (Å²) in [5, 5.41) is 33.9. The summed E-state index contributed by atoms with van der Waals surface area (Å²) in [7, 11) is 0. The summed E-state index contributed by atoms with van der Waals surface area (Å²) in [5.41, 5.74) is 3.63.